The molecule has 3 fully saturated rings. The first-order valence-electron chi connectivity index (χ1n) is 6.89. The SMILES string of the molecule is COc1cc(CNC(=O)C23CC(C(=O)O)(CO2)C3)ccc1Cl. The van der Waals surface area contributed by atoms with Crippen LogP contribution < -0.4 is 10.1 Å². The van der Waals surface area contributed by atoms with Crippen molar-refractivity contribution in [2.75, 3.05) is 13.7 Å². The normalized spacial score (nSPS) is 28.8. The minimum Gasteiger partial charge on any atom is -0.495 e. The largest absolute Gasteiger partial charge is 0.495 e. The summed E-state index contributed by atoms with van der Waals surface area (Å²) in [6.07, 6.45) is 0.482. The van der Waals surface area contributed by atoms with Crippen molar-refractivity contribution in [2.24, 2.45) is 5.41 Å². The van der Waals surface area contributed by atoms with E-state index in [1.807, 2.05) is 0 Å². The monoisotopic (exact) mass is 325 g/mol. The first kappa shape index (κ1) is 15.1. The molecule has 2 bridgehead atoms. The van der Waals surface area contributed by atoms with Crippen LogP contribution in [0.25, 0.3) is 0 Å². The second-order valence-electron chi connectivity index (χ2n) is 5.87. The number of benzene rings is 1. The summed E-state index contributed by atoms with van der Waals surface area (Å²) in [5, 5.41) is 12.5. The van der Waals surface area contributed by atoms with Crippen LogP contribution in [0.4, 0.5) is 0 Å². The number of halogens is 1. The van der Waals surface area contributed by atoms with E-state index >= 15 is 0 Å². The van der Waals surface area contributed by atoms with Gasteiger partial charge in [-0.15, -0.1) is 0 Å². The summed E-state index contributed by atoms with van der Waals surface area (Å²) < 4.78 is 10.6. The van der Waals surface area contributed by atoms with Crippen molar-refractivity contribution in [2.45, 2.75) is 25.0 Å². The molecule has 0 spiro atoms. The van der Waals surface area contributed by atoms with E-state index in [0.717, 1.165) is 5.56 Å². The molecular weight excluding hydrogens is 310 g/mol. The molecule has 1 aromatic rings. The Morgan fingerprint density at radius 2 is 2.18 bits per heavy atom. The van der Waals surface area contributed by atoms with Gasteiger partial charge in [0.05, 0.1) is 24.2 Å². The van der Waals surface area contributed by atoms with Gasteiger partial charge in [0.2, 0.25) is 0 Å². The third kappa shape index (κ3) is 2.23. The number of hydrogen-bond donors (Lipinski definition) is 2. The molecule has 118 valence electrons. The maximum Gasteiger partial charge on any atom is 0.312 e. The van der Waals surface area contributed by atoms with Gasteiger partial charge >= 0.3 is 5.97 Å². The number of carbonyl (C=O) groups is 2. The fraction of sp³-hybridized carbons (Fsp3) is 0.467. The van der Waals surface area contributed by atoms with Gasteiger partial charge in [-0.1, -0.05) is 17.7 Å². The highest BCUT2D eigenvalue weighted by Crippen LogP contribution is 2.58. The lowest BCUT2D eigenvalue weighted by atomic mass is 9.62. The van der Waals surface area contributed by atoms with Gasteiger partial charge in [0, 0.05) is 19.4 Å². The summed E-state index contributed by atoms with van der Waals surface area (Å²) in [6, 6.07) is 5.24. The quantitative estimate of drug-likeness (QED) is 0.859. The predicted octanol–water partition coefficient (Wildman–Crippen LogP) is 1.60. The number of hydrogen-bond acceptors (Lipinski definition) is 4. The molecule has 2 aliphatic heterocycles. The molecule has 2 saturated heterocycles. The van der Waals surface area contributed by atoms with Crippen molar-refractivity contribution in [3.8, 4) is 5.75 Å². The summed E-state index contributed by atoms with van der Waals surface area (Å²) >= 11 is 5.95. The molecule has 4 rings (SSSR count). The van der Waals surface area contributed by atoms with Gasteiger partial charge in [-0.05, 0) is 17.7 Å². The number of carboxylic acids is 1. The summed E-state index contributed by atoms with van der Waals surface area (Å²) in [5.41, 5.74) is -1.01. The summed E-state index contributed by atoms with van der Waals surface area (Å²) in [5.74, 6) is -0.621. The maximum atomic E-state index is 12.3. The van der Waals surface area contributed by atoms with Crippen LogP contribution in [-0.4, -0.2) is 36.3 Å². The second kappa shape index (κ2) is 5.14. The zero-order chi connectivity index (χ0) is 16.0. The standard InChI is InChI=1S/C15H16ClNO5/c1-21-11-4-9(2-3-10(11)16)5-17-12(18)15-6-14(7-15,8-22-15)13(19)20/h2-4H,5-8H2,1H3,(H,17,18)(H,19,20). The van der Waals surface area contributed by atoms with Gasteiger partial charge < -0.3 is 19.9 Å². The third-order valence-corrected chi connectivity index (χ3v) is 4.72. The van der Waals surface area contributed by atoms with Gasteiger partial charge in [-0.25, -0.2) is 0 Å². The highest BCUT2D eigenvalue weighted by molar-refractivity contribution is 6.32. The fourth-order valence-corrected chi connectivity index (χ4v) is 3.31. The Labute approximate surface area is 132 Å². The Kier molecular flexibility index (Phi) is 3.53. The highest BCUT2D eigenvalue weighted by Gasteiger charge is 2.70. The van der Waals surface area contributed by atoms with E-state index in [9.17, 15) is 9.59 Å². The minimum atomic E-state index is -0.977. The van der Waals surface area contributed by atoms with Crippen molar-refractivity contribution < 1.29 is 24.2 Å². The lowest BCUT2D eigenvalue weighted by molar-refractivity contribution is -0.158. The van der Waals surface area contributed by atoms with Gasteiger partial charge in [-0.2, -0.15) is 0 Å². The van der Waals surface area contributed by atoms with E-state index in [1.54, 1.807) is 18.2 Å². The molecule has 7 heteroatoms. The summed E-state index contributed by atoms with van der Waals surface area (Å²) in [7, 11) is 1.52. The van der Waals surface area contributed by atoms with Crippen LogP contribution >= 0.6 is 11.6 Å². The van der Waals surface area contributed by atoms with Crippen LogP contribution in [0.3, 0.4) is 0 Å². The second-order valence-corrected chi connectivity index (χ2v) is 6.28. The topological polar surface area (TPSA) is 84.9 Å². The predicted molar refractivity (Wildman–Crippen MR) is 77.8 cm³/mol. The lowest BCUT2D eigenvalue weighted by Crippen LogP contribution is -2.57. The Bertz CT molecular complexity index is 639. The molecule has 1 aromatic carbocycles. The molecule has 0 radical (unpaired) electrons. The number of nitrogens with one attached hydrogen (secondary N) is 1. The number of carboxylic acid groups (broad SMARTS) is 1. The number of ether oxygens (including phenoxy) is 2. The number of fused-ring (bicyclic) bond motifs is 1. The van der Waals surface area contributed by atoms with Crippen molar-refractivity contribution >= 4 is 23.5 Å². The van der Waals surface area contributed by atoms with Gasteiger partial charge in [0.25, 0.3) is 5.91 Å². The lowest BCUT2D eigenvalue weighted by Gasteiger charge is -2.40. The zero-order valence-corrected chi connectivity index (χ0v) is 12.8. The first-order valence-corrected chi connectivity index (χ1v) is 7.27. The van der Waals surface area contributed by atoms with Crippen molar-refractivity contribution in [1.29, 1.82) is 0 Å². The Morgan fingerprint density at radius 3 is 2.77 bits per heavy atom. The molecular formula is C15H16ClNO5. The number of methoxy groups -OCH3 is 1. The average Bonchev–Trinajstić information content (AvgIpc) is 3.03. The number of amides is 1. The average molecular weight is 326 g/mol. The molecule has 1 saturated carbocycles. The van der Waals surface area contributed by atoms with Crippen molar-refractivity contribution in [3.05, 3.63) is 28.8 Å². The van der Waals surface area contributed by atoms with Gasteiger partial charge in [-0.3, -0.25) is 9.59 Å². The first-order chi connectivity index (χ1) is 10.4. The number of aliphatic carboxylic acids is 1. The van der Waals surface area contributed by atoms with E-state index in [-0.39, 0.29) is 25.4 Å². The molecule has 3 aliphatic rings. The molecule has 1 amide bonds. The van der Waals surface area contributed by atoms with Gasteiger partial charge in [0.1, 0.15) is 11.4 Å². The van der Waals surface area contributed by atoms with Crippen molar-refractivity contribution in [1.82, 2.24) is 5.32 Å². The molecule has 0 atom stereocenters. The van der Waals surface area contributed by atoms with Crippen molar-refractivity contribution in [3.63, 3.8) is 0 Å². The third-order valence-electron chi connectivity index (χ3n) is 4.41. The van der Waals surface area contributed by atoms with Crippen LogP contribution in [0.5, 0.6) is 5.75 Å². The number of carbonyl (C=O) groups excluding carboxylic acids is 1. The Balaban J connectivity index is 1.61. The van der Waals surface area contributed by atoms with Crippen LogP contribution in [0.2, 0.25) is 5.02 Å². The Hall–Kier alpha value is -1.79. The fourth-order valence-electron chi connectivity index (χ4n) is 3.12. The van der Waals surface area contributed by atoms with E-state index in [1.165, 1.54) is 7.11 Å². The Morgan fingerprint density at radius 1 is 1.45 bits per heavy atom. The smallest absolute Gasteiger partial charge is 0.312 e. The molecule has 22 heavy (non-hydrogen) atoms. The van der Waals surface area contributed by atoms with Crippen LogP contribution in [-0.2, 0) is 20.9 Å². The van der Waals surface area contributed by atoms with E-state index in [2.05, 4.69) is 5.32 Å². The van der Waals surface area contributed by atoms with E-state index in [0.29, 0.717) is 17.3 Å². The summed E-state index contributed by atoms with van der Waals surface area (Å²) in [6.45, 7) is 0.405. The minimum absolute atomic E-state index is 0.102. The van der Waals surface area contributed by atoms with E-state index < -0.39 is 17.0 Å². The van der Waals surface area contributed by atoms with Crippen LogP contribution in [0, 0.1) is 5.41 Å². The van der Waals surface area contributed by atoms with Crippen LogP contribution in [0.15, 0.2) is 18.2 Å². The zero-order valence-electron chi connectivity index (χ0n) is 12.0. The molecule has 2 N–H and O–H groups in total. The number of rotatable bonds is 5. The molecule has 0 unspecified atom stereocenters. The molecule has 6 nitrogen and oxygen atoms in total. The van der Waals surface area contributed by atoms with E-state index in [4.69, 9.17) is 26.2 Å². The highest BCUT2D eigenvalue weighted by atomic mass is 35.5. The summed E-state index contributed by atoms with van der Waals surface area (Å²) in [4.78, 5) is 23.4. The van der Waals surface area contributed by atoms with Gasteiger partial charge in [0.15, 0.2) is 0 Å². The molecule has 2 heterocycles. The maximum absolute atomic E-state index is 12.3. The molecule has 0 aromatic heterocycles. The van der Waals surface area contributed by atoms with Crippen LogP contribution in [0.1, 0.15) is 18.4 Å². The molecule has 1 aliphatic carbocycles.